The quantitative estimate of drug-likeness (QED) is 0.0795. The summed E-state index contributed by atoms with van der Waals surface area (Å²) < 4.78 is 0. The van der Waals surface area contributed by atoms with Crippen molar-refractivity contribution in [3.05, 3.63) is 114 Å². The Morgan fingerprint density at radius 2 is 0.870 bits per heavy atom. The van der Waals surface area contributed by atoms with Crippen LogP contribution in [0.5, 0.6) is 0 Å². The molecule has 1 aromatic heterocycles. The molecule has 0 amide bonds. The summed E-state index contributed by atoms with van der Waals surface area (Å²) in [5.41, 5.74) is 11.4. The van der Waals surface area contributed by atoms with Gasteiger partial charge >= 0.3 is 0 Å². The number of aliphatic imine (C=N–C) groups is 2. The largest absolute Gasteiger partial charge is 0.251 e. The first-order valence-corrected chi connectivity index (χ1v) is 17.7. The van der Waals surface area contributed by atoms with Crippen molar-refractivity contribution in [1.82, 2.24) is 4.98 Å². The Labute approximate surface area is 281 Å². The van der Waals surface area contributed by atoms with Crippen LogP contribution in [-0.2, 0) is 0 Å². The highest BCUT2D eigenvalue weighted by molar-refractivity contribution is 6.04. The van der Waals surface area contributed by atoms with E-state index in [4.69, 9.17) is 15.0 Å². The van der Waals surface area contributed by atoms with Crippen LogP contribution in [0.3, 0.4) is 0 Å². The Balaban J connectivity index is 2.23. The van der Waals surface area contributed by atoms with Gasteiger partial charge in [-0.1, -0.05) is 110 Å². The van der Waals surface area contributed by atoms with Crippen molar-refractivity contribution in [1.29, 1.82) is 0 Å². The van der Waals surface area contributed by atoms with Crippen LogP contribution >= 0.6 is 0 Å². The highest BCUT2D eigenvalue weighted by Gasteiger charge is 2.18. The molecule has 1 heterocycles. The van der Waals surface area contributed by atoms with E-state index in [2.05, 4.69) is 123 Å². The van der Waals surface area contributed by atoms with E-state index in [0.29, 0.717) is 23.7 Å². The average Bonchev–Trinajstić information content (AvgIpc) is 3.03. The first-order valence-electron chi connectivity index (χ1n) is 17.7. The summed E-state index contributed by atoms with van der Waals surface area (Å²) in [7, 11) is 0. The van der Waals surface area contributed by atoms with Crippen LogP contribution in [0.2, 0.25) is 0 Å². The molecule has 0 saturated carbocycles. The van der Waals surface area contributed by atoms with Gasteiger partial charge in [-0.2, -0.15) is 0 Å². The third-order valence-corrected chi connectivity index (χ3v) is 8.66. The maximum Gasteiger partial charge on any atom is 0.0852 e. The summed E-state index contributed by atoms with van der Waals surface area (Å²) in [4.78, 5) is 16.3. The molecule has 0 bridgehead atoms. The van der Waals surface area contributed by atoms with Gasteiger partial charge in [0.25, 0.3) is 0 Å². The van der Waals surface area contributed by atoms with Crippen molar-refractivity contribution < 1.29 is 0 Å². The van der Waals surface area contributed by atoms with Gasteiger partial charge in [-0.15, -0.1) is 13.2 Å². The third-order valence-electron chi connectivity index (χ3n) is 8.66. The molecule has 0 spiro atoms. The van der Waals surface area contributed by atoms with Gasteiger partial charge < -0.3 is 0 Å². The molecule has 0 atom stereocenters. The minimum absolute atomic E-state index is 0.379. The fourth-order valence-electron chi connectivity index (χ4n) is 5.95. The van der Waals surface area contributed by atoms with E-state index in [1.807, 2.05) is 12.2 Å². The van der Waals surface area contributed by atoms with Gasteiger partial charge in [-0.25, -0.2) is 4.98 Å². The average molecular weight is 618 g/mol. The molecule has 3 nitrogen and oxygen atoms in total. The van der Waals surface area contributed by atoms with Crippen LogP contribution in [0, 0.1) is 0 Å². The first kappa shape index (κ1) is 36.9. The van der Waals surface area contributed by atoms with E-state index in [-0.39, 0.29) is 0 Å². The van der Waals surface area contributed by atoms with Gasteiger partial charge in [0.05, 0.1) is 34.2 Å². The Kier molecular flexibility index (Phi) is 14.9. The van der Waals surface area contributed by atoms with Gasteiger partial charge in [0.1, 0.15) is 0 Å². The molecule has 0 N–H and O–H groups in total. The third kappa shape index (κ3) is 10.2. The molecular weight excluding hydrogens is 558 g/mol. The summed E-state index contributed by atoms with van der Waals surface area (Å²) in [5.74, 6) is 1.52. The number of hydrogen-bond acceptors (Lipinski definition) is 3. The van der Waals surface area contributed by atoms with Crippen LogP contribution in [-0.4, -0.2) is 16.4 Å². The molecule has 2 aromatic carbocycles. The van der Waals surface area contributed by atoms with E-state index in [1.54, 1.807) is 0 Å². The minimum atomic E-state index is 0.379. The molecule has 0 unspecified atom stereocenters. The smallest absolute Gasteiger partial charge is 0.0852 e. The zero-order chi connectivity index (χ0) is 33.6. The first-order chi connectivity index (χ1) is 22.1. The number of allylic oxidation sites excluding steroid dienone is 2. The molecule has 3 aromatic rings. The minimum Gasteiger partial charge on any atom is -0.251 e. The summed E-state index contributed by atoms with van der Waals surface area (Å²) in [6.45, 7) is 26.0. The number of hydrogen-bond donors (Lipinski definition) is 0. The van der Waals surface area contributed by atoms with E-state index >= 15 is 0 Å². The monoisotopic (exact) mass is 617 g/mol. The second-order valence-corrected chi connectivity index (χ2v) is 13.8. The van der Waals surface area contributed by atoms with Crippen LogP contribution in [0.15, 0.2) is 89.9 Å². The molecule has 0 aliphatic carbocycles. The standard InChI is InChI=1S/C43H59N3/c1-11-13-15-17-26-40(45-42-34(30(3)4)22-19-23-35(42)31(5)6)38-28-21-29-39(44-38)41(27-18-16-14-12-2)46-43-36(32(7)8)24-20-25-37(43)33(9)10/h11-12,19-25,28-33H,1-2,13-18,26-27H2,3-10H3. The van der Waals surface area contributed by atoms with Gasteiger partial charge in [0.15, 0.2) is 0 Å². The normalized spacial score (nSPS) is 12.5. The zero-order valence-electron chi connectivity index (χ0n) is 30.1. The Hall–Kier alpha value is -3.59. The van der Waals surface area contributed by atoms with Gasteiger partial charge in [0.2, 0.25) is 0 Å². The summed E-state index contributed by atoms with van der Waals surface area (Å²) in [5, 5.41) is 0. The van der Waals surface area contributed by atoms with Crippen LogP contribution in [0.4, 0.5) is 11.4 Å². The number of nitrogens with zero attached hydrogens (tertiary/aromatic N) is 3. The lowest BCUT2D eigenvalue weighted by molar-refractivity contribution is 0.775. The lowest BCUT2D eigenvalue weighted by Crippen LogP contribution is -2.11. The van der Waals surface area contributed by atoms with Crippen LogP contribution in [0.1, 0.15) is 164 Å². The number of pyridine rings is 1. The number of rotatable bonds is 18. The number of para-hydroxylation sites is 2. The van der Waals surface area contributed by atoms with E-state index < -0.39 is 0 Å². The molecule has 0 aliphatic heterocycles. The summed E-state index contributed by atoms with van der Waals surface area (Å²) in [6, 6.07) is 19.7. The molecule has 0 aliphatic rings. The van der Waals surface area contributed by atoms with Gasteiger partial charge in [-0.3, -0.25) is 9.98 Å². The number of unbranched alkanes of at least 4 members (excludes halogenated alkanes) is 4. The molecule has 246 valence electrons. The summed E-state index contributed by atoms with van der Waals surface area (Å²) in [6.07, 6.45) is 12.0. The number of benzene rings is 2. The number of aromatic nitrogens is 1. The lowest BCUT2D eigenvalue weighted by atomic mass is 9.92. The van der Waals surface area contributed by atoms with Crippen molar-refractivity contribution in [2.24, 2.45) is 9.98 Å². The van der Waals surface area contributed by atoms with E-state index in [0.717, 1.165) is 85.6 Å². The predicted molar refractivity (Wildman–Crippen MR) is 203 cm³/mol. The zero-order valence-corrected chi connectivity index (χ0v) is 30.1. The summed E-state index contributed by atoms with van der Waals surface area (Å²) >= 11 is 0. The second kappa shape index (κ2) is 18.5. The van der Waals surface area contributed by atoms with Crippen LogP contribution in [0.25, 0.3) is 0 Å². The van der Waals surface area contributed by atoms with Gasteiger partial charge in [-0.05, 0) is 109 Å². The fourth-order valence-corrected chi connectivity index (χ4v) is 5.95. The predicted octanol–water partition coefficient (Wildman–Crippen LogP) is 13.3. The molecule has 3 heteroatoms. The highest BCUT2D eigenvalue weighted by Crippen LogP contribution is 2.37. The molecule has 46 heavy (non-hydrogen) atoms. The maximum atomic E-state index is 5.49. The van der Waals surface area contributed by atoms with Crippen molar-refractivity contribution in [3.8, 4) is 0 Å². The Bertz CT molecular complexity index is 1320. The Morgan fingerprint density at radius 3 is 1.17 bits per heavy atom. The highest BCUT2D eigenvalue weighted by atomic mass is 14.9. The van der Waals surface area contributed by atoms with Gasteiger partial charge in [0, 0.05) is 0 Å². The topological polar surface area (TPSA) is 37.6 Å². The SMILES string of the molecule is C=CCCCCC(=Nc1c(C(C)C)cccc1C(C)C)c1cccc(C(CCCCC=C)=Nc2c(C(C)C)cccc2C(C)C)n1. The maximum absolute atomic E-state index is 5.49. The molecular formula is C43H59N3. The molecule has 0 radical (unpaired) electrons. The van der Waals surface area contributed by atoms with E-state index in [1.165, 1.54) is 22.3 Å². The molecule has 0 fully saturated rings. The van der Waals surface area contributed by atoms with Crippen molar-refractivity contribution in [3.63, 3.8) is 0 Å². The Morgan fingerprint density at radius 1 is 0.543 bits per heavy atom. The van der Waals surface area contributed by atoms with E-state index in [9.17, 15) is 0 Å². The molecule has 3 rings (SSSR count). The molecule has 0 saturated heterocycles. The van der Waals surface area contributed by atoms with Crippen molar-refractivity contribution in [2.45, 2.75) is 130 Å². The lowest BCUT2D eigenvalue weighted by Gasteiger charge is -2.19. The van der Waals surface area contributed by atoms with Crippen molar-refractivity contribution in [2.75, 3.05) is 0 Å². The van der Waals surface area contributed by atoms with Crippen LogP contribution < -0.4 is 0 Å². The fraction of sp³-hybridized carbons (Fsp3) is 0.465. The second-order valence-electron chi connectivity index (χ2n) is 13.8. The van der Waals surface area contributed by atoms with Crippen molar-refractivity contribution >= 4 is 22.8 Å².